The van der Waals surface area contributed by atoms with Gasteiger partial charge in [-0.05, 0) is 29.8 Å². The van der Waals surface area contributed by atoms with Crippen LogP contribution in [0.4, 0.5) is 15.8 Å². The van der Waals surface area contributed by atoms with E-state index in [2.05, 4.69) is 5.32 Å². The second-order valence-corrected chi connectivity index (χ2v) is 4.12. The molecule has 104 valence electrons. The van der Waals surface area contributed by atoms with Crippen molar-refractivity contribution < 1.29 is 14.1 Å². The number of methoxy groups -OCH3 is 1. The molecule has 0 amide bonds. The largest absolute Gasteiger partial charge is 0.497 e. The van der Waals surface area contributed by atoms with E-state index in [0.717, 1.165) is 17.4 Å². The Morgan fingerprint density at radius 3 is 2.55 bits per heavy atom. The normalized spacial score (nSPS) is 10.1. The standard InChI is InChI=1S/C14H13FN2O3/c1-20-12-5-2-10(3-6-12)9-16-11-4-7-13(15)14(8-11)17(18)19/h2-8,16H,9H2,1H3. The molecule has 1 N–H and O–H groups in total. The zero-order chi connectivity index (χ0) is 14.5. The van der Waals surface area contributed by atoms with E-state index in [-0.39, 0.29) is 0 Å². The number of benzene rings is 2. The molecule has 2 aromatic rings. The highest BCUT2D eigenvalue weighted by Gasteiger charge is 2.13. The van der Waals surface area contributed by atoms with Crippen LogP contribution in [0.3, 0.4) is 0 Å². The summed E-state index contributed by atoms with van der Waals surface area (Å²) in [6, 6.07) is 11.1. The third-order valence-electron chi connectivity index (χ3n) is 2.80. The molecule has 0 unspecified atom stereocenters. The molecular weight excluding hydrogens is 263 g/mol. The first-order valence-corrected chi connectivity index (χ1v) is 5.91. The molecule has 0 aliphatic carbocycles. The molecule has 0 aliphatic heterocycles. The summed E-state index contributed by atoms with van der Waals surface area (Å²) in [4.78, 5) is 9.90. The van der Waals surface area contributed by atoms with E-state index in [9.17, 15) is 14.5 Å². The third-order valence-corrected chi connectivity index (χ3v) is 2.80. The van der Waals surface area contributed by atoms with Crippen LogP contribution >= 0.6 is 0 Å². The van der Waals surface area contributed by atoms with Crippen molar-refractivity contribution in [3.8, 4) is 5.75 Å². The molecule has 0 aliphatic rings. The van der Waals surface area contributed by atoms with Crippen molar-refractivity contribution in [3.63, 3.8) is 0 Å². The van der Waals surface area contributed by atoms with Gasteiger partial charge >= 0.3 is 5.69 Å². The Hall–Kier alpha value is -2.63. The Balaban J connectivity index is 2.06. The molecule has 0 heterocycles. The van der Waals surface area contributed by atoms with E-state index >= 15 is 0 Å². The van der Waals surface area contributed by atoms with Gasteiger partial charge in [0.05, 0.1) is 12.0 Å². The molecule has 6 heteroatoms. The monoisotopic (exact) mass is 276 g/mol. The van der Waals surface area contributed by atoms with Crippen molar-refractivity contribution in [3.05, 3.63) is 64.0 Å². The highest BCUT2D eigenvalue weighted by Crippen LogP contribution is 2.22. The highest BCUT2D eigenvalue weighted by atomic mass is 19.1. The number of anilines is 1. The van der Waals surface area contributed by atoms with Crippen LogP contribution in [0.5, 0.6) is 5.75 Å². The minimum absolute atomic E-state index is 0.479. The first-order valence-electron chi connectivity index (χ1n) is 5.91. The Morgan fingerprint density at radius 2 is 1.95 bits per heavy atom. The molecule has 0 fully saturated rings. The zero-order valence-corrected chi connectivity index (χ0v) is 10.8. The van der Waals surface area contributed by atoms with Crippen LogP contribution in [0.1, 0.15) is 5.56 Å². The van der Waals surface area contributed by atoms with Gasteiger partial charge in [-0.2, -0.15) is 4.39 Å². The fourth-order valence-electron chi connectivity index (χ4n) is 1.71. The average molecular weight is 276 g/mol. The summed E-state index contributed by atoms with van der Waals surface area (Å²) in [5, 5.41) is 13.7. The Bertz CT molecular complexity index is 614. The lowest BCUT2D eigenvalue weighted by molar-refractivity contribution is -0.387. The molecular formula is C14H13FN2O3. The topological polar surface area (TPSA) is 64.4 Å². The van der Waals surface area contributed by atoms with E-state index in [1.807, 2.05) is 24.3 Å². The number of nitro benzene ring substituents is 1. The molecule has 2 rings (SSSR count). The van der Waals surface area contributed by atoms with Gasteiger partial charge in [-0.25, -0.2) is 0 Å². The Kier molecular flexibility index (Phi) is 4.14. The molecule has 0 bridgehead atoms. The van der Waals surface area contributed by atoms with Crippen LogP contribution in [0, 0.1) is 15.9 Å². The first-order chi connectivity index (χ1) is 9.60. The number of nitrogens with one attached hydrogen (secondary N) is 1. The molecule has 0 saturated heterocycles. The SMILES string of the molecule is COc1ccc(CNc2ccc(F)c([N+](=O)[O-])c2)cc1. The van der Waals surface area contributed by atoms with Gasteiger partial charge in [0.2, 0.25) is 5.82 Å². The molecule has 5 nitrogen and oxygen atoms in total. The van der Waals surface area contributed by atoms with Crippen molar-refractivity contribution in [2.45, 2.75) is 6.54 Å². The average Bonchev–Trinajstić information content (AvgIpc) is 2.46. The van der Waals surface area contributed by atoms with E-state index in [1.54, 1.807) is 7.11 Å². The van der Waals surface area contributed by atoms with Gasteiger partial charge in [-0.3, -0.25) is 10.1 Å². The number of hydrogen-bond donors (Lipinski definition) is 1. The number of nitro groups is 1. The lowest BCUT2D eigenvalue weighted by Crippen LogP contribution is -2.01. The highest BCUT2D eigenvalue weighted by molar-refractivity contribution is 5.52. The summed E-state index contributed by atoms with van der Waals surface area (Å²) in [5.41, 5.74) is 0.941. The zero-order valence-electron chi connectivity index (χ0n) is 10.8. The number of halogens is 1. The van der Waals surface area contributed by atoms with Gasteiger partial charge in [0, 0.05) is 18.3 Å². The van der Waals surface area contributed by atoms with Crippen molar-refractivity contribution in [1.82, 2.24) is 0 Å². The summed E-state index contributed by atoms with van der Waals surface area (Å²) < 4.78 is 18.2. The lowest BCUT2D eigenvalue weighted by Gasteiger charge is -2.07. The van der Waals surface area contributed by atoms with Crippen molar-refractivity contribution in [1.29, 1.82) is 0 Å². The smallest absolute Gasteiger partial charge is 0.306 e. The van der Waals surface area contributed by atoms with E-state index in [4.69, 9.17) is 4.74 Å². The van der Waals surface area contributed by atoms with Crippen molar-refractivity contribution in [2.75, 3.05) is 12.4 Å². The Labute approximate surface area is 115 Å². The number of hydrogen-bond acceptors (Lipinski definition) is 4. The maximum atomic E-state index is 13.2. The second-order valence-electron chi connectivity index (χ2n) is 4.12. The summed E-state index contributed by atoms with van der Waals surface area (Å²) in [7, 11) is 1.59. The molecule has 0 spiro atoms. The maximum absolute atomic E-state index is 13.2. The molecule has 0 radical (unpaired) electrons. The predicted molar refractivity (Wildman–Crippen MR) is 73.4 cm³/mol. The van der Waals surface area contributed by atoms with Crippen molar-refractivity contribution in [2.24, 2.45) is 0 Å². The first kappa shape index (κ1) is 13.8. The summed E-state index contributed by atoms with van der Waals surface area (Å²) in [6.07, 6.45) is 0. The van der Waals surface area contributed by atoms with E-state index in [1.165, 1.54) is 12.1 Å². The molecule has 0 saturated carbocycles. The van der Waals surface area contributed by atoms with Crippen LogP contribution in [0.15, 0.2) is 42.5 Å². The second kappa shape index (κ2) is 6.01. The number of rotatable bonds is 5. The van der Waals surface area contributed by atoms with Crippen LogP contribution in [0.2, 0.25) is 0 Å². The van der Waals surface area contributed by atoms with Gasteiger partial charge in [0.1, 0.15) is 5.75 Å². The summed E-state index contributed by atoms with van der Waals surface area (Å²) in [6.45, 7) is 0.479. The molecule has 0 aromatic heterocycles. The quantitative estimate of drug-likeness (QED) is 0.671. The van der Waals surface area contributed by atoms with Gasteiger partial charge in [-0.1, -0.05) is 12.1 Å². The molecule has 0 atom stereocenters. The lowest BCUT2D eigenvalue weighted by atomic mass is 10.2. The molecule has 20 heavy (non-hydrogen) atoms. The summed E-state index contributed by atoms with van der Waals surface area (Å²) >= 11 is 0. The van der Waals surface area contributed by atoms with Crippen LogP contribution < -0.4 is 10.1 Å². The van der Waals surface area contributed by atoms with Gasteiger partial charge in [0.15, 0.2) is 0 Å². The fourth-order valence-corrected chi connectivity index (χ4v) is 1.71. The van der Waals surface area contributed by atoms with E-state index in [0.29, 0.717) is 12.2 Å². The van der Waals surface area contributed by atoms with Crippen LogP contribution in [-0.4, -0.2) is 12.0 Å². The predicted octanol–water partition coefficient (Wildman–Crippen LogP) is 3.35. The van der Waals surface area contributed by atoms with E-state index < -0.39 is 16.4 Å². The Morgan fingerprint density at radius 1 is 1.25 bits per heavy atom. The van der Waals surface area contributed by atoms with Crippen LogP contribution in [0.25, 0.3) is 0 Å². The summed E-state index contributed by atoms with van der Waals surface area (Å²) in [5.74, 6) is -0.0869. The van der Waals surface area contributed by atoms with Gasteiger partial charge in [-0.15, -0.1) is 0 Å². The van der Waals surface area contributed by atoms with Gasteiger partial charge in [0.25, 0.3) is 0 Å². The van der Waals surface area contributed by atoms with Gasteiger partial charge < -0.3 is 10.1 Å². The number of ether oxygens (including phenoxy) is 1. The van der Waals surface area contributed by atoms with Crippen LogP contribution in [-0.2, 0) is 6.54 Å². The fraction of sp³-hybridized carbons (Fsp3) is 0.143. The van der Waals surface area contributed by atoms with Crippen molar-refractivity contribution >= 4 is 11.4 Å². The minimum atomic E-state index is -0.843. The number of nitrogens with zero attached hydrogens (tertiary/aromatic N) is 1. The maximum Gasteiger partial charge on any atom is 0.306 e. The third kappa shape index (κ3) is 3.23. The minimum Gasteiger partial charge on any atom is -0.497 e. The molecule has 2 aromatic carbocycles.